The van der Waals surface area contributed by atoms with Crippen molar-refractivity contribution in [3.05, 3.63) is 29.3 Å². The molecule has 0 fully saturated rings. The highest BCUT2D eigenvalue weighted by Gasteiger charge is 2.21. The molecule has 24 heavy (non-hydrogen) atoms. The van der Waals surface area contributed by atoms with Crippen LogP contribution < -0.4 is 16.0 Å². The topological polar surface area (TPSA) is 87.3 Å². The zero-order chi connectivity index (χ0) is 18.3. The van der Waals surface area contributed by atoms with Crippen molar-refractivity contribution >= 4 is 23.4 Å². The van der Waals surface area contributed by atoms with E-state index in [-0.39, 0.29) is 23.6 Å². The Labute approximate surface area is 143 Å². The van der Waals surface area contributed by atoms with E-state index in [2.05, 4.69) is 16.0 Å². The average molecular weight is 333 g/mol. The summed E-state index contributed by atoms with van der Waals surface area (Å²) in [6.07, 6.45) is 0.557. The lowest BCUT2D eigenvalue weighted by Gasteiger charge is -2.20. The summed E-state index contributed by atoms with van der Waals surface area (Å²) in [6.45, 7) is 9.63. The quantitative estimate of drug-likeness (QED) is 0.715. The molecule has 132 valence electrons. The molecular formula is C18H27N3O3. The number of amides is 3. The number of aryl methyl sites for hydroxylation is 1. The van der Waals surface area contributed by atoms with E-state index in [1.54, 1.807) is 18.2 Å². The monoisotopic (exact) mass is 333 g/mol. The molecule has 3 amide bonds. The number of anilines is 1. The molecule has 0 saturated carbocycles. The van der Waals surface area contributed by atoms with Crippen LogP contribution in [0.5, 0.6) is 0 Å². The third kappa shape index (κ3) is 6.02. The predicted molar refractivity (Wildman–Crippen MR) is 94.9 cm³/mol. The van der Waals surface area contributed by atoms with Crippen molar-refractivity contribution in [1.29, 1.82) is 0 Å². The summed E-state index contributed by atoms with van der Waals surface area (Å²) in [4.78, 5) is 35.6. The van der Waals surface area contributed by atoms with Crippen molar-refractivity contribution in [2.45, 2.75) is 47.1 Å². The smallest absolute Gasteiger partial charge is 0.251 e. The average Bonchev–Trinajstić information content (AvgIpc) is 2.47. The maximum atomic E-state index is 12.5. The van der Waals surface area contributed by atoms with Gasteiger partial charge in [-0.15, -0.1) is 0 Å². The van der Waals surface area contributed by atoms with E-state index < -0.39 is 6.04 Å². The normalized spacial score (nSPS) is 11.8. The summed E-state index contributed by atoms with van der Waals surface area (Å²) in [5, 5.41) is 8.25. The van der Waals surface area contributed by atoms with E-state index in [0.29, 0.717) is 24.2 Å². The number of hydrogen-bond donors (Lipinski definition) is 3. The van der Waals surface area contributed by atoms with Gasteiger partial charge in [-0.05, 0) is 49.9 Å². The molecule has 0 aromatic heterocycles. The molecule has 0 spiro atoms. The van der Waals surface area contributed by atoms with Crippen LogP contribution in [0.2, 0.25) is 0 Å². The van der Waals surface area contributed by atoms with Gasteiger partial charge in [0.05, 0.1) is 0 Å². The third-order valence-corrected chi connectivity index (χ3v) is 3.48. The summed E-state index contributed by atoms with van der Waals surface area (Å²) in [7, 11) is 0. The summed E-state index contributed by atoms with van der Waals surface area (Å²) in [5.74, 6) is -0.366. The second kappa shape index (κ2) is 9.05. The first-order chi connectivity index (χ1) is 11.2. The number of rotatable bonds is 7. The van der Waals surface area contributed by atoms with Gasteiger partial charge < -0.3 is 16.0 Å². The van der Waals surface area contributed by atoms with Crippen LogP contribution in [0.3, 0.4) is 0 Å². The van der Waals surface area contributed by atoms with Gasteiger partial charge in [-0.3, -0.25) is 14.4 Å². The molecule has 3 N–H and O–H groups in total. The fourth-order valence-corrected chi connectivity index (χ4v) is 2.38. The molecule has 0 aliphatic heterocycles. The van der Waals surface area contributed by atoms with Gasteiger partial charge in [0, 0.05) is 24.7 Å². The van der Waals surface area contributed by atoms with Crippen LogP contribution in [0.1, 0.15) is 50.0 Å². The number of carbonyl (C=O) groups is 3. The maximum absolute atomic E-state index is 12.5. The number of nitrogens with one attached hydrogen (secondary N) is 3. The van der Waals surface area contributed by atoms with E-state index in [1.807, 2.05) is 27.7 Å². The highest BCUT2D eigenvalue weighted by molar-refractivity contribution is 5.99. The SMILES string of the molecule is CCNC(=O)c1ccc(NC(=O)[C@H](CC(C)C)NC(C)=O)c(C)c1. The van der Waals surface area contributed by atoms with E-state index >= 15 is 0 Å². The van der Waals surface area contributed by atoms with Crippen molar-refractivity contribution in [3.63, 3.8) is 0 Å². The maximum Gasteiger partial charge on any atom is 0.251 e. The van der Waals surface area contributed by atoms with Crippen molar-refractivity contribution < 1.29 is 14.4 Å². The molecule has 6 heteroatoms. The van der Waals surface area contributed by atoms with Crippen molar-refractivity contribution in [2.75, 3.05) is 11.9 Å². The highest BCUT2D eigenvalue weighted by Crippen LogP contribution is 2.18. The molecule has 1 aromatic carbocycles. The predicted octanol–water partition coefficient (Wildman–Crippen LogP) is 2.23. The molecule has 0 bridgehead atoms. The first-order valence-electron chi connectivity index (χ1n) is 8.21. The van der Waals surface area contributed by atoms with Crippen molar-refractivity contribution in [1.82, 2.24) is 10.6 Å². The van der Waals surface area contributed by atoms with Gasteiger partial charge in [0.1, 0.15) is 6.04 Å². The summed E-state index contributed by atoms with van der Waals surface area (Å²) in [6, 6.07) is 4.53. The van der Waals surface area contributed by atoms with Crippen molar-refractivity contribution in [2.24, 2.45) is 5.92 Å². The minimum absolute atomic E-state index is 0.144. The molecule has 1 aromatic rings. The van der Waals surface area contributed by atoms with E-state index in [0.717, 1.165) is 5.56 Å². The Morgan fingerprint density at radius 3 is 2.33 bits per heavy atom. The van der Waals surface area contributed by atoms with Gasteiger partial charge in [0.2, 0.25) is 11.8 Å². The minimum Gasteiger partial charge on any atom is -0.352 e. The van der Waals surface area contributed by atoms with Gasteiger partial charge in [0.15, 0.2) is 0 Å². The lowest BCUT2D eigenvalue weighted by Crippen LogP contribution is -2.43. The molecular weight excluding hydrogens is 306 g/mol. The second-order valence-electron chi connectivity index (χ2n) is 6.26. The van der Waals surface area contributed by atoms with E-state index in [9.17, 15) is 14.4 Å². The Balaban J connectivity index is 2.88. The van der Waals surface area contributed by atoms with Crippen LogP contribution in [0.25, 0.3) is 0 Å². The molecule has 0 saturated heterocycles. The largest absolute Gasteiger partial charge is 0.352 e. The molecule has 1 atom stereocenters. The van der Waals surface area contributed by atoms with Crippen LogP contribution in [0.15, 0.2) is 18.2 Å². The summed E-state index contributed by atoms with van der Waals surface area (Å²) in [5.41, 5.74) is 1.97. The summed E-state index contributed by atoms with van der Waals surface area (Å²) < 4.78 is 0. The van der Waals surface area contributed by atoms with Gasteiger partial charge in [0.25, 0.3) is 5.91 Å². The molecule has 0 unspecified atom stereocenters. The van der Waals surface area contributed by atoms with Crippen LogP contribution in [-0.2, 0) is 9.59 Å². The number of hydrogen-bond acceptors (Lipinski definition) is 3. The fraction of sp³-hybridized carbons (Fsp3) is 0.500. The van der Waals surface area contributed by atoms with Crippen LogP contribution in [0.4, 0.5) is 5.69 Å². The van der Waals surface area contributed by atoms with Gasteiger partial charge in [-0.1, -0.05) is 13.8 Å². The first kappa shape index (κ1) is 19.7. The molecule has 0 heterocycles. The summed E-state index contributed by atoms with van der Waals surface area (Å²) >= 11 is 0. The second-order valence-corrected chi connectivity index (χ2v) is 6.26. The Morgan fingerprint density at radius 2 is 1.83 bits per heavy atom. The molecule has 6 nitrogen and oxygen atoms in total. The molecule has 0 radical (unpaired) electrons. The van der Waals surface area contributed by atoms with Crippen LogP contribution in [0, 0.1) is 12.8 Å². The Kier molecular flexibility index (Phi) is 7.42. The van der Waals surface area contributed by atoms with Crippen LogP contribution in [-0.4, -0.2) is 30.3 Å². The zero-order valence-corrected chi connectivity index (χ0v) is 15.0. The fourth-order valence-electron chi connectivity index (χ4n) is 2.38. The zero-order valence-electron chi connectivity index (χ0n) is 15.0. The van der Waals surface area contributed by atoms with Gasteiger partial charge in [-0.2, -0.15) is 0 Å². The Morgan fingerprint density at radius 1 is 1.17 bits per heavy atom. The lowest BCUT2D eigenvalue weighted by molar-refractivity contribution is -0.125. The van der Waals surface area contributed by atoms with E-state index in [4.69, 9.17) is 0 Å². The standard InChI is InChI=1S/C18H27N3O3/c1-6-19-17(23)14-7-8-15(12(4)10-14)21-18(24)16(9-11(2)3)20-13(5)22/h7-8,10-11,16H,6,9H2,1-5H3,(H,19,23)(H,20,22)(H,21,24)/t16-/m0/s1. The van der Waals surface area contributed by atoms with E-state index in [1.165, 1.54) is 6.92 Å². The Bertz CT molecular complexity index is 612. The minimum atomic E-state index is -0.579. The first-order valence-corrected chi connectivity index (χ1v) is 8.21. The van der Waals surface area contributed by atoms with Gasteiger partial charge >= 0.3 is 0 Å². The molecule has 0 aliphatic carbocycles. The van der Waals surface area contributed by atoms with Crippen molar-refractivity contribution in [3.8, 4) is 0 Å². The highest BCUT2D eigenvalue weighted by atomic mass is 16.2. The third-order valence-electron chi connectivity index (χ3n) is 3.48. The molecule has 0 aliphatic rings. The lowest BCUT2D eigenvalue weighted by atomic mass is 10.0. The van der Waals surface area contributed by atoms with Gasteiger partial charge in [-0.25, -0.2) is 0 Å². The molecule has 1 rings (SSSR count). The number of benzene rings is 1. The Hall–Kier alpha value is -2.37. The van der Waals surface area contributed by atoms with Crippen LogP contribution >= 0.6 is 0 Å². The number of carbonyl (C=O) groups excluding carboxylic acids is 3.